The predicted molar refractivity (Wildman–Crippen MR) is 98.6 cm³/mol. The maximum atomic E-state index is 10.8. The van der Waals surface area contributed by atoms with Gasteiger partial charge in [0.1, 0.15) is 6.33 Å². The van der Waals surface area contributed by atoms with Crippen molar-refractivity contribution in [3.05, 3.63) is 52.6 Å². The van der Waals surface area contributed by atoms with E-state index in [0.717, 1.165) is 5.56 Å². The standard InChI is InChI=1S/C17H20N6O4/c1-12(13-2-4-14(5-3-13)23(26)27)22-11-20-15-16(18-10-19-17(15)22)21(6-8-24)7-9-25/h2-5,10-12,24-25H,6-9H2,1H3/t12-/m0/s1. The first-order valence-electron chi connectivity index (χ1n) is 8.45. The van der Waals surface area contributed by atoms with E-state index in [2.05, 4.69) is 15.0 Å². The second-order valence-corrected chi connectivity index (χ2v) is 5.98. The molecular formula is C17H20N6O4. The summed E-state index contributed by atoms with van der Waals surface area (Å²) < 4.78 is 1.86. The fraction of sp³-hybridized carbons (Fsp3) is 0.353. The smallest absolute Gasteiger partial charge is 0.269 e. The first-order chi connectivity index (χ1) is 13.1. The Labute approximate surface area is 154 Å². The highest BCUT2D eigenvalue weighted by molar-refractivity contribution is 5.83. The summed E-state index contributed by atoms with van der Waals surface area (Å²) in [6.07, 6.45) is 3.06. The third-order valence-corrected chi connectivity index (χ3v) is 4.38. The summed E-state index contributed by atoms with van der Waals surface area (Å²) in [5.41, 5.74) is 2.08. The maximum absolute atomic E-state index is 10.8. The molecule has 0 bridgehead atoms. The molecule has 10 nitrogen and oxygen atoms in total. The minimum Gasteiger partial charge on any atom is -0.395 e. The SMILES string of the molecule is C[C@@H](c1ccc([N+](=O)[O-])cc1)n1cnc2c(N(CCO)CCO)ncnc21. The zero-order chi connectivity index (χ0) is 19.4. The van der Waals surface area contributed by atoms with Gasteiger partial charge in [0, 0.05) is 25.2 Å². The van der Waals surface area contributed by atoms with Crippen molar-refractivity contribution in [2.24, 2.45) is 0 Å². The zero-order valence-corrected chi connectivity index (χ0v) is 14.8. The van der Waals surface area contributed by atoms with Gasteiger partial charge >= 0.3 is 0 Å². The molecule has 3 rings (SSSR count). The Bertz CT molecular complexity index is 921. The van der Waals surface area contributed by atoms with Crippen LogP contribution in [-0.2, 0) is 0 Å². The van der Waals surface area contributed by atoms with Crippen LogP contribution in [0.1, 0.15) is 18.5 Å². The number of nitro benzene ring substituents is 1. The Morgan fingerprint density at radius 1 is 1.15 bits per heavy atom. The molecule has 10 heteroatoms. The summed E-state index contributed by atoms with van der Waals surface area (Å²) in [7, 11) is 0. The molecule has 0 fully saturated rings. The molecule has 142 valence electrons. The number of aromatic nitrogens is 4. The average molecular weight is 372 g/mol. The minimum atomic E-state index is -0.433. The second kappa shape index (κ2) is 8.06. The number of fused-ring (bicyclic) bond motifs is 1. The van der Waals surface area contributed by atoms with Crippen LogP contribution in [0.3, 0.4) is 0 Å². The number of aliphatic hydroxyl groups excluding tert-OH is 2. The first kappa shape index (κ1) is 18.7. The molecule has 0 saturated heterocycles. The van der Waals surface area contributed by atoms with Gasteiger partial charge < -0.3 is 19.7 Å². The number of hydrogen-bond donors (Lipinski definition) is 2. The van der Waals surface area contributed by atoms with Gasteiger partial charge in [-0.05, 0) is 12.5 Å². The van der Waals surface area contributed by atoms with Gasteiger partial charge in [0.15, 0.2) is 17.0 Å². The van der Waals surface area contributed by atoms with Crippen LogP contribution in [0.4, 0.5) is 11.5 Å². The van der Waals surface area contributed by atoms with Crippen molar-refractivity contribution < 1.29 is 15.1 Å². The van der Waals surface area contributed by atoms with Crippen LogP contribution in [0, 0.1) is 10.1 Å². The Hall–Kier alpha value is -3.11. The molecule has 0 spiro atoms. The van der Waals surface area contributed by atoms with Crippen LogP contribution >= 0.6 is 0 Å². The van der Waals surface area contributed by atoms with E-state index < -0.39 is 4.92 Å². The van der Waals surface area contributed by atoms with Crippen molar-refractivity contribution in [3.8, 4) is 0 Å². The molecule has 0 unspecified atom stereocenters. The van der Waals surface area contributed by atoms with Crippen molar-refractivity contribution in [2.45, 2.75) is 13.0 Å². The van der Waals surface area contributed by atoms with E-state index in [-0.39, 0.29) is 24.9 Å². The van der Waals surface area contributed by atoms with E-state index in [1.165, 1.54) is 18.5 Å². The summed E-state index contributed by atoms with van der Waals surface area (Å²) in [5, 5.41) is 29.3. The molecule has 0 aliphatic rings. The lowest BCUT2D eigenvalue weighted by molar-refractivity contribution is -0.384. The third-order valence-electron chi connectivity index (χ3n) is 4.38. The molecule has 3 aromatic rings. The van der Waals surface area contributed by atoms with Gasteiger partial charge in [-0.15, -0.1) is 0 Å². The van der Waals surface area contributed by atoms with Crippen molar-refractivity contribution in [1.29, 1.82) is 0 Å². The fourth-order valence-corrected chi connectivity index (χ4v) is 2.95. The summed E-state index contributed by atoms with van der Waals surface area (Å²) in [5.74, 6) is 0.540. The highest BCUT2D eigenvalue weighted by atomic mass is 16.6. The molecule has 2 aromatic heterocycles. The van der Waals surface area contributed by atoms with E-state index >= 15 is 0 Å². The normalized spacial score (nSPS) is 12.3. The second-order valence-electron chi connectivity index (χ2n) is 5.98. The number of rotatable bonds is 8. The fourth-order valence-electron chi connectivity index (χ4n) is 2.95. The Morgan fingerprint density at radius 2 is 1.81 bits per heavy atom. The molecule has 1 atom stereocenters. The van der Waals surface area contributed by atoms with E-state index in [4.69, 9.17) is 0 Å². The van der Waals surface area contributed by atoms with Crippen molar-refractivity contribution in [3.63, 3.8) is 0 Å². The summed E-state index contributed by atoms with van der Waals surface area (Å²) in [6, 6.07) is 6.20. The number of nitrogens with zero attached hydrogens (tertiary/aromatic N) is 6. The average Bonchev–Trinajstić information content (AvgIpc) is 3.11. The highest BCUT2D eigenvalue weighted by Crippen LogP contribution is 2.27. The molecule has 2 N–H and O–H groups in total. The topological polar surface area (TPSA) is 130 Å². The molecule has 0 amide bonds. The molecule has 2 heterocycles. The van der Waals surface area contributed by atoms with Gasteiger partial charge in [-0.2, -0.15) is 0 Å². The Balaban J connectivity index is 1.98. The van der Waals surface area contributed by atoms with E-state index in [9.17, 15) is 20.3 Å². The summed E-state index contributed by atoms with van der Waals surface area (Å²) in [6.45, 7) is 2.43. The predicted octanol–water partition coefficient (Wildman–Crippen LogP) is 1.13. The largest absolute Gasteiger partial charge is 0.395 e. The lowest BCUT2D eigenvalue weighted by Crippen LogP contribution is -2.30. The van der Waals surface area contributed by atoms with Gasteiger partial charge in [-0.1, -0.05) is 12.1 Å². The summed E-state index contributed by atoms with van der Waals surface area (Å²) in [4.78, 5) is 25.2. The number of nitro groups is 1. The van der Waals surface area contributed by atoms with E-state index in [0.29, 0.717) is 30.1 Å². The molecule has 0 radical (unpaired) electrons. The Morgan fingerprint density at radius 3 is 2.41 bits per heavy atom. The van der Waals surface area contributed by atoms with E-state index in [1.54, 1.807) is 23.4 Å². The maximum Gasteiger partial charge on any atom is 0.269 e. The molecular weight excluding hydrogens is 352 g/mol. The number of benzene rings is 1. The number of hydrogen-bond acceptors (Lipinski definition) is 8. The monoisotopic (exact) mass is 372 g/mol. The Kier molecular flexibility index (Phi) is 5.57. The quantitative estimate of drug-likeness (QED) is 0.444. The molecule has 27 heavy (non-hydrogen) atoms. The highest BCUT2D eigenvalue weighted by Gasteiger charge is 2.19. The molecule has 0 aliphatic carbocycles. The number of aliphatic hydroxyl groups is 2. The van der Waals surface area contributed by atoms with Gasteiger partial charge in [-0.25, -0.2) is 15.0 Å². The van der Waals surface area contributed by atoms with Crippen molar-refractivity contribution in [1.82, 2.24) is 19.5 Å². The molecule has 1 aromatic carbocycles. The van der Waals surface area contributed by atoms with Crippen LogP contribution < -0.4 is 4.90 Å². The summed E-state index contributed by atoms with van der Waals surface area (Å²) >= 11 is 0. The van der Waals surface area contributed by atoms with Crippen LogP contribution in [0.2, 0.25) is 0 Å². The van der Waals surface area contributed by atoms with Crippen LogP contribution in [-0.4, -0.2) is 61.0 Å². The van der Waals surface area contributed by atoms with Crippen molar-refractivity contribution in [2.75, 3.05) is 31.2 Å². The van der Waals surface area contributed by atoms with Crippen LogP contribution in [0.15, 0.2) is 36.9 Å². The van der Waals surface area contributed by atoms with Gasteiger partial charge in [0.25, 0.3) is 5.69 Å². The number of anilines is 1. The van der Waals surface area contributed by atoms with Crippen LogP contribution in [0.5, 0.6) is 0 Å². The van der Waals surface area contributed by atoms with Gasteiger partial charge in [0.05, 0.1) is 30.5 Å². The molecule has 0 aliphatic heterocycles. The number of non-ortho nitro benzene ring substituents is 1. The minimum absolute atomic E-state index is 0.0368. The third kappa shape index (κ3) is 3.71. The lowest BCUT2D eigenvalue weighted by atomic mass is 10.1. The van der Waals surface area contributed by atoms with Gasteiger partial charge in [-0.3, -0.25) is 10.1 Å². The zero-order valence-electron chi connectivity index (χ0n) is 14.8. The van der Waals surface area contributed by atoms with Crippen molar-refractivity contribution >= 4 is 22.7 Å². The van der Waals surface area contributed by atoms with Crippen LogP contribution in [0.25, 0.3) is 11.2 Å². The first-order valence-corrected chi connectivity index (χ1v) is 8.45. The van der Waals surface area contributed by atoms with E-state index in [1.807, 2.05) is 11.5 Å². The van der Waals surface area contributed by atoms with Gasteiger partial charge in [0.2, 0.25) is 0 Å². The molecule has 0 saturated carbocycles. The lowest BCUT2D eigenvalue weighted by Gasteiger charge is -2.21. The number of imidazole rings is 1.